The van der Waals surface area contributed by atoms with Gasteiger partial charge in [0.15, 0.2) is 0 Å². The Morgan fingerprint density at radius 2 is 1.89 bits per heavy atom. The molecule has 1 aromatic heterocycles. The van der Waals surface area contributed by atoms with Gasteiger partial charge >= 0.3 is 0 Å². The molecule has 0 amide bonds. The van der Waals surface area contributed by atoms with E-state index in [1.807, 2.05) is 6.20 Å². The van der Waals surface area contributed by atoms with Gasteiger partial charge < -0.3 is 15.2 Å². The van der Waals surface area contributed by atoms with Crippen molar-refractivity contribution >= 4 is 5.95 Å². The van der Waals surface area contributed by atoms with E-state index in [0.29, 0.717) is 18.0 Å². The number of anilines is 1. The lowest BCUT2D eigenvalue weighted by Crippen LogP contribution is -2.40. The fraction of sp³-hybridized carbons (Fsp3) is 0.800. The van der Waals surface area contributed by atoms with Crippen molar-refractivity contribution < 1.29 is 0 Å². The molecule has 0 bridgehead atoms. The zero-order valence-electron chi connectivity index (χ0n) is 12.0. The number of rotatable bonds is 3. The van der Waals surface area contributed by atoms with Crippen LogP contribution < -0.4 is 10.6 Å². The van der Waals surface area contributed by atoms with Crippen molar-refractivity contribution in [3.63, 3.8) is 0 Å². The van der Waals surface area contributed by atoms with E-state index < -0.39 is 0 Å². The highest BCUT2D eigenvalue weighted by Gasteiger charge is 2.26. The minimum absolute atomic E-state index is 0.330. The average molecular weight is 262 g/mol. The van der Waals surface area contributed by atoms with Crippen LogP contribution in [-0.4, -0.2) is 28.7 Å². The Morgan fingerprint density at radius 3 is 2.53 bits per heavy atom. The molecule has 2 heterocycles. The molecule has 4 nitrogen and oxygen atoms in total. The molecule has 0 radical (unpaired) electrons. The third-order valence-electron chi connectivity index (χ3n) is 4.93. The van der Waals surface area contributed by atoms with Gasteiger partial charge in [-0.25, -0.2) is 4.98 Å². The summed E-state index contributed by atoms with van der Waals surface area (Å²) in [6.45, 7) is 4.35. The first-order valence-electron chi connectivity index (χ1n) is 7.79. The Morgan fingerprint density at radius 1 is 1.21 bits per heavy atom. The summed E-state index contributed by atoms with van der Waals surface area (Å²) in [5.74, 6) is 1.88. The lowest BCUT2D eigenvalue weighted by atomic mass is 9.91. The van der Waals surface area contributed by atoms with Crippen molar-refractivity contribution in [1.29, 1.82) is 0 Å². The highest BCUT2D eigenvalue weighted by Crippen LogP contribution is 2.33. The molecule has 1 aliphatic heterocycles. The first-order chi connectivity index (χ1) is 9.25. The smallest absolute Gasteiger partial charge is 0.205 e. The van der Waals surface area contributed by atoms with Gasteiger partial charge in [-0.15, -0.1) is 0 Å². The number of nitrogens with zero attached hydrogens (tertiary/aromatic N) is 3. The summed E-state index contributed by atoms with van der Waals surface area (Å²) in [5.41, 5.74) is 6.02. The summed E-state index contributed by atoms with van der Waals surface area (Å²) in [6.07, 6.45) is 11.9. The first kappa shape index (κ1) is 13.0. The predicted molar refractivity (Wildman–Crippen MR) is 78.3 cm³/mol. The predicted octanol–water partition coefficient (Wildman–Crippen LogP) is 2.56. The molecule has 1 unspecified atom stereocenters. The van der Waals surface area contributed by atoms with Crippen LogP contribution in [0.5, 0.6) is 0 Å². The zero-order chi connectivity index (χ0) is 13.2. The molecule has 1 saturated heterocycles. The molecule has 0 aromatic carbocycles. The maximum atomic E-state index is 6.02. The van der Waals surface area contributed by atoms with E-state index in [9.17, 15) is 0 Å². The van der Waals surface area contributed by atoms with Crippen LogP contribution in [0.1, 0.15) is 51.5 Å². The molecule has 2 fully saturated rings. The SMILES string of the molecule is CC(N)C1CCN(c2nccn2C2CCCC2)CC1. The van der Waals surface area contributed by atoms with E-state index in [4.69, 9.17) is 5.73 Å². The van der Waals surface area contributed by atoms with Crippen molar-refractivity contribution in [1.82, 2.24) is 9.55 Å². The van der Waals surface area contributed by atoms with Gasteiger partial charge in [0.2, 0.25) is 5.95 Å². The molecule has 3 rings (SSSR count). The zero-order valence-corrected chi connectivity index (χ0v) is 12.0. The van der Waals surface area contributed by atoms with Gasteiger partial charge in [0.1, 0.15) is 0 Å². The molecule has 0 spiro atoms. The summed E-state index contributed by atoms with van der Waals surface area (Å²) in [4.78, 5) is 7.07. The van der Waals surface area contributed by atoms with Crippen LogP contribution in [0.2, 0.25) is 0 Å². The van der Waals surface area contributed by atoms with E-state index in [0.717, 1.165) is 13.1 Å². The Balaban J connectivity index is 1.68. The van der Waals surface area contributed by atoms with Gasteiger partial charge in [-0.2, -0.15) is 0 Å². The molecule has 1 saturated carbocycles. The quantitative estimate of drug-likeness (QED) is 0.910. The molecular weight excluding hydrogens is 236 g/mol. The minimum atomic E-state index is 0.330. The molecule has 106 valence electrons. The van der Waals surface area contributed by atoms with Gasteiger partial charge in [-0.05, 0) is 38.5 Å². The number of imidazole rings is 1. The summed E-state index contributed by atoms with van der Waals surface area (Å²) < 4.78 is 2.42. The van der Waals surface area contributed by atoms with Gasteiger partial charge in [-0.1, -0.05) is 12.8 Å². The maximum absolute atomic E-state index is 6.02. The standard InChI is InChI=1S/C15H26N4/c1-12(16)13-6-9-18(10-7-13)15-17-8-11-19(15)14-4-2-3-5-14/h8,11-14H,2-7,9-10,16H2,1H3. The molecule has 1 atom stereocenters. The van der Waals surface area contributed by atoms with E-state index in [2.05, 4.69) is 27.6 Å². The molecule has 4 heteroatoms. The third kappa shape index (κ3) is 2.64. The Hall–Kier alpha value is -1.03. The highest BCUT2D eigenvalue weighted by atomic mass is 15.3. The topological polar surface area (TPSA) is 47.1 Å². The molecule has 19 heavy (non-hydrogen) atoms. The van der Waals surface area contributed by atoms with Gasteiger partial charge in [-0.3, -0.25) is 0 Å². The van der Waals surface area contributed by atoms with Crippen LogP contribution in [0, 0.1) is 5.92 Å². The minimum Gasteiger partial charge on any atom is -0.342 e. The Kier molecular flexibility index (Phi) is 3.78. The summed E-state index contributed by atoms with van der Waals surface area (Å²) in [7, 11) is 0. The fourth-order valence-corrected chi connectivity index (χ4v) is 3.64. The summed E-state index contributed by atoms with van der Waals surface area (Å²) >= 11 is 0. The number of aromatic nitrogens is 2. The van der Waals surface area contributed by atoms with Crippen LogP contribution >= 0.6 is 0 Å². The largest absolute Gasteiger partial charge is 0.342 e. The lowest BCUT2D eigenvalue weighted by Gasteiger charge is -2.35. The van der Waals surface area contributed by atoms with E-state index in [-0.39, 0.29) is 0 Å². The normalized spacial score (nSPS) is 24.0. The van der Waals surface area contributed by atoms with Crippen LogP contribution in [0.4, 0.5) is 5.95 Å². The number of nitrogens with two attached hydrogens (primary N) is 1. The Bertz CT molecular complexity index is 398. The summed E-state index contributed by atoms with van der Waals surface area (Å²) in [6, 6.07) is 1.01. The second kappa shape index (κ2) is 5.53. The molecule has 2 N–H and O–H groups in total. The van der Waals surface area contributed by atoms with Crippen molar-refractivity contribution in [2.24, 2.45) is 11.7 Å². The van der Waals surface area contributed by atoms with E-state index in [1.54, 1.807) is 0 Å². The van der Waals surface area contributed by atoms with Gasteiger partial charge in [0.05, 0.1) is 0 Å². The number of hydrogen-bond acceptors (Lipinski definition) is 3. The second-order valence-corrected chi connectivity index (χ2v) is 6.26. The molecule has 1 aliphatic carbocycles. The van der Waals surface area contributed by atoms with Crippen LogP contribution in [0.15, 0.2) is 12.4 Å². The molecular formula is C15H26N4. The third-order valence-corrected chi connectivity index (χ3v) is 4.93. The average Bonchev–Trinajstić information content (AvgIpc) is 3.09. The van der Waals surface area contributed by atoms with Crippen molar-refractivity contribution in [2.45, 2.75) is 57.5 Å². The fourth-order valence-electron chi connectivity index (χ4n) is 3.64. The van der Waals surface area contributed by atoms with Crippen LogP contribution in [0.25, 0.3) is 0 Å². The van der Waals surface area contributed by atoms with Crippen molar-refractivity contribution in [2.75, 3.05) is 18.0 Å². The Labute approximate surface area is 116 Å². The number of hydrogen-bond donors (Lipinski definition) is 1. The number of piperidine rings is 1. The van der Waals surface area contributed by atoms with Crippen molar-refractivity contribution in [3.8, 4) is 0 Å². The van der Waals surface area contributed by atoms with E-state index in [1.165, 1.54) is 44.5 Å². The molecule has 2 aliphatic rings. The summed E-state index contributed by atoms with van der Waals surface area (Å²) in [5, 5.41) is 0. The lowest BCUT2D eigenvalue weighted by molar-refractivity contribution is 0.349. The van der Waals surface area contributed by atoms with Gasteiger partial charge in [0.25, 0.3) is 0 Å². The monoisotopic (exact) mass is 262 g/mol. The van der Waals surface area contributed by atoms with Crippen LogP contribution in [0.3, 0.4) is 0 Å². The van der Waals surface area contributed by atoms with Gasteiger partial charge in [0, 0.05) is 37.6 Å². The molecule has 1 aromatic rings. The first-order valence-corrected chi connectivity index (χ1v) is 7.79. The van der Waals surface area contributed by atoms with Crippen molar-refractivity contribution in [3.05, 3.63) is 12.4 Å². The highest BCUT2D eigenvalue weighted by molar-refractivity contribution is 5.32. The second-order valence-electron chi connectivity index (χ2n) is 6.26. The van der Waals surface area contributed by atoms with E-state index >= 15 is 0 Å². The maximum Gasteiger partial charge on any atom is 0.205 e. The van der Waals surface area contributed by atoms with Crippen LogP contribution in [-0.2, 0) is 0 Å².